The van der Waals surface area contributed by atoms with Gasteiger partial charge in [-0.3, -0.25) is 4.79 Å². The molecule has 0 fully saturated rings. The van der Waals surface area contributed by atoms with Crippen molar-refractivity contribution in [1.82, 2.24) is 14.0 Å². The van der Waals surface area contributed by atoms with Crippen LogP contribution < -0.4 is 10.1 Å². The third-order valence-corrected chi connectivity index (χ3v) is 5.92. The second-order valence-electron chi connectivity index (χ2n) is 6.71. The van der Waals surface area contributed by atoms with E-state index < -0.39 is 0 Å². The Morgan fingerprint density at radius 3 is 2.59 bits per heavy atom. The lowest BCUT2D eigenvalue weighted by molar-refractivity contribution is 1.06. The van der Waals surface area contributed by atoms with Gasteiger partial charge in [0.05, 0.1) is 15.6 Å². The number of fused-ring (bicyclic) bond motifs is 3. The molecule has 5 aromatic rings. The molecule has 2 aromatic carbocycles. The van der Waals surface area contributed by atoms with Crippen molar-refractivity contribution in [2.75, 3.05) is 0 Å². The zero-order valence-corrected chi connectivity index (χ0v) is 15.8. The van der Waals surface area contributed by atoms with Crippen LogP contribution in [0.15, 0.2) is 65.6 Å². The molecule has 0 atom stereocenters. The summed E-state index contributed by atoms with van der Waals surface area (Å²) < 4.78 is 4.50. The number of aromatic nitrogens is 3. The van der Waals surface area contributed by atoms with Crippen molar-refractivity contribution in [3.8, 4) is 5.69 Å². The summed E-state index contributed by atoms with van der Waals surface area (Å²) in [6, 6.07) is 18.2. The SMILES string of the molecule is Cc1cc2nc3s/c(=C\c4cccn4-c4ccccc4)c(=O)n3c2cc1C. The monoisotopic (exact) mass is 371 g/mol. The maximum atomic E-state index is 13.1. The molecule has 5 heteroatoms. The number of nitrogens with zero attached hydrogens (tertiary/aromatic N) is 3. The highest BCUT2D eigenvalue weighted by atomic mass is 32.1. The zero-order valence-electron chi connectivity index (χ0n) is 15.0. The van der Waals surface area contributed by atoms with Crippen LogP contribution in [-0.4, -0.2) is 14.0 Å². The summed E-state index contributed by atoms with van der Waals surface area (Å²) in [7, 11) is 0. The van der Waals surface area contributed by atoms with E-state index in [-0.39, 0.29) is 5.56 Å². The van der Waals surface area contributed by atoms with Crippen LogP contribution >= 0.6 is 11.3 Å². The van der Waals surface area contributed by atoms with Gasteiger partial charge in [0.1, 0.15) is 0 Å². The number of imidazole rings is 1. The first-order valence-corrected chi connectivity index (χ1v) is 9.60. The molecular formula is C22H17N3OS. The second-order valence-corrected chi connectivity index (χ2v) is 7.72. The molecule has 0 aliphatic rings. The number of aryl methyl sites for hydroxylation is 2. The standard InChI is InChI=1S/C22H17N3OS/c1-14-11-18-19(12-15(14)2)25-21(26)20(27-22(25)23-18)13-17-9-6-10-24(17)16-7-4-3-5-8-16/h3-13H,1-2H3/b20-13-. The summed E-state index contributed by atoms with van der Waals surface area (Å²) in [5.74, 6) is 0. The third-order valence-electron chi connectivity index (χ3n) is 4.95. The molecule has 0 saturated carbocycles. The molecule has 4 nitrogen and oxygen atoms in total. The Bertz CT molecular complexity index is 1410. The fraction of sp³-hybridized carbons (Fsp3) is 0.0909. The van der Waals surface area contributed by atoms with Crippen molar-refractivity contribution in [1.29, 1.82) is 0 Å². The summed E-state index contributed by atoms with van der Waals surface area (Å²) in [6.45, 7) is 4.13. The van der Waals surface area contributed by atoms with Gasteiger partial charge < -0.3 is 4.57 Å². The van der Waals surface area contributed by atoms with Gasteiger partial charge in [-0.05, 0) is 67.4 Å². The lowest BCUT2D eigenvalue weighted by atomic mass is 10.1. The minimum absolute atomic E-state index is 0.0124. The van der Waals surface area contributed by atoms with E-state index in [1.54, 1.807) is 4.40 Å². The molecule has 0 spiro atoms. The van der Waals surface area contributed by atoms with Gasteiger partial charge in [0.15, 0.2) is 4.96 Å². The molecule has 0 saturated heterocycles. The predicted molar refractivity (Wildman–Crippen MR) is 111 cm³/mol. The van der Waals surface area contributed by atoms with Crippen LogP contribution in [0.5, 0.6) is 0 Å². The smallest absolute Gasteiger partial charge is 0.275 e. The van der Waals surface area contributed by atoms with Crippen LogP contribution in [-0.2, 0) is 0 Å². The highest BCUT2D eigenvalue weighted by molar-refractivity contribution is 7.15. The van der Waals surface area contributed by atoms with E-state index in [9.17, 15) is 4.79 Å². The van der Waals surface area contributed by atoms with E-state index in [1.807, 2.05) is 48.7 Å². The van der Waals surface area contributed by atoms with Gasteiger partial charge in [-0.15, -0.1) is 0 Å². The van der Waals surface area contributed by atoms with Crippen LogP contribution in [0.25, 0.3) is 27.8 Å². The van der Waals surface area contributed by atoms with Gasteiger partial charge >= 0.3 is 0 Å². The molecule has 0 aliphatic carbocycles. The number of rotatable bonds is 2. The Labute approximate surface area is 159 Å². The van der Waals surface area contributed by atoms with Crippen LogP contribution in [0.2, 0.25) is 0 Å². The van der Waals surface area contributed by atoms with Crippen LogP contribution in [0, 0.1) is 13.8 Å². The Balaban J connectivity index is 1.73. The van der Waals surface area contributed by atoms with Crippen molar-refractivity contribution >= 4 is 33.4 Å². The van der Waals surface area contributed by atoms with E-state index in [2.05, 4.69) is 41.6 Å². The van der Waals surface area contributed by atoms with Crippen LogP contribution in [0.1, 0.15) is 16.8 Å². The second kappa shape index (κ2) is 5.93. The normalized spacial score (nSPS) is 12.4. The molecule has 0 N–H and O–H groups in total. The van der Waals surface area contributed by atoms with Gasteiger partial charge in [-0.25, -0.2) is 9.38 Å². The van der Waals surface area contributed by atoms with Crippen molar-refractivity contribution in [3.63, 3.8) is 0 Å². The molecule has 0 unspecified atom stereocenters. The number of para-hydroxylation sites is 1. The minimum Gasteiger partial charge on any atom is -0.317 e. The Kier molecular flexibility index (Phi) is 3.52. The number of thiazole rings is 1. The Morgan fingerprint density at radius 2 is 1.78 bits per heavy atom. The lowest BCUT2D eigenvalue weighted by Crippen LogP contribution is -2.23. The van der Waals surface area contributed by atoms with Crippen molar-refractivity contribution < 1.29 is 0 Å². The quantitative estimate of drug-likeness (QED) is 0.473. The first-order chi connectivity index (χ1) is 13.1. The fourth-order valence-electron chi connectivity index (χ4n) is 3.39. The molecule has 3 aromatic heterocycles. The predicted octanol–water partition coefficient (Wildman–Crippen LogP) is 3.86. The van der Waals surface area contributed by atoms with Crippen molar-refractivity contribution in [2.24, 2.45) is 0 Å². The summed E-state index contributed by atoms with van der Waals surface area (Å²) >= 11 is 1.43. The summed E-state index contributed by atoms with van der Waals surface area (Å²) in [5, 5.41) is 0. The minimum atomic E-state index is -0.0124. The highest BCUT2D eigenvalue weighted by Crippen LogP contribution is 2.21. The average molecular weight is 371 g/mol. The van der Waals surface area contributed by atoms with E-state index in [1.165, 1.54) is 22.5 Å². The number of hydrogen-bond donors (Lipinski definition) is 0. The van der Waals surface area contributed by atoms with Gasteiger partial charge in [0.25, 0.3) is 5.56 Å². The lowest BCUT2D eigenvalue weighted by Gasteiger charge is -2.05. The molecular weight excluding hydrogens is 354 g/mol. The fourth-order valence-corrected chi connectivity index (χ4v) is 4.36. The first kappa shape index (κ1) is 16.0. The molecule has 3 heterocycles. The van der Waals surface area contributed by atoms with E-state index >= 15 is 0 Å². The molecule has 27 heavy (non-hydrogen) atoms. The van der Waals surface area contributed by atoms with Gasteiger partial charge in [-0.1, -0.05) is 29.5 Å². The third kappa shape index (κ3) is 2.51. The first-order valence-electron chi connectivity index (χ1n) is 8.78. The maximum absolute atomic E-state index is 13.1. The topological polar surface area (TPSA) is 39.3 Å². The Morgan fingerprint density at radius 1 is 1.00 bits per heavy atom. The maximum Gasteiger partial charge on any atom is 0.275 e. The van der Waals surface area contributed by atoms with E-state index in [4.69, 9.17) is 0 Å². The van der Waals surface area contributed by atoms with Crippen LogP contribution in [0.3, 0.4) is 0 Å². The summed E-state index contributed by atoms with van der Waals surface area (Å²) in [6.07, 6.45) is 3.95. The molecule has 132 valence electrons. The van der Waals surface area contributed by atoms with Crippen molar-refractivity contribution in [2.45, 2.75) is 13.8 Å². The van der Waals surface area contributed by atoms with E-state index in [0.717, 1.165) is 27.4 Å². The highest BCUT2D eigenvalue weighted by Gasteiger charge is 2.12. The zero-order chi connectivity index (χ0) is 18.5. The average Bonchev–Trinajstić information content (AvgIpc) is 3.33. The number of benzene rings is 2. The number of hydrogen-bond acceptors (Lipinski definition) is 3. The van der Waals surface area contributed by atoms with Gasteiger partial charge in [0.2, 0.25) is 0 Å². The van der Waals surface area contributed by atoms with Crippen molar-refractivity contribution in [3.05, 3.63) is 92.5 Å². The molecule has 5 rings (SSSR count). The summed E-state index contributed by atoms with van der Waals surface area (Å²) in [4.78, 5) is 18.5. The van der Waals surface area contributed by atoms with Gasteiger partial charge in [0, 0.05) is 17.6 Å². The summed E-state index contributed by atoms with van der Waals surface area (Å²) in [5.41, 5.74) is 6.14. The molecule has 0 bridgehead atoms. The molecule has 0 aliphatic heterocycles. The molecule has 0 amide bonds. The van der Waals surface area contributed by atoms with Crippen LogP contribution in [0.4, 0.5) is 0 Å². The van der Waals surface area contributed by atoms with E-state index in [0.29, 0.717) is 4.53 Å². The largest absolute Gasteiger partial charge is 0.317 e. The molecule has 0 radical (unpaired) electrons. The Hall–Kier alpha value is -3.18. The van der Waals surface area contributed by atoms with Gasteiger partial charge in [-0.2, -0.15) is 0 Å².